The molecule has 0 spiro atoms. The fraction of sp³-hybridized carbons (Fsp3) is 0.0455. The Bertz CT molecular complexity index is 1200. The number of rotatable bonds is 6. The summed E-state index contributed by atoms with van der Waals surface area (Å²) in [6.45, 7) is 0. The number of ketones is 1. The van der Waals surface area contributed by atoms with Crippen molar-refractivity contribution in [3.05, 3.63) is 92.9 Å². The number of nitrogens with zero attached hydrogens (tertiary/aromatic N) is 3. The van der Waals surface area contributed by atoms with Gasteiger partial charge >= 0.3 is 0 Å². The quantitative estimate of drug-likeness (QED) is 0.204. The molecular formula is C22H14BrCl2N3OS. The minimum absolute atomic E-state index is 0.0646. The third kappa shape index (κ3) is 4.62. The van der Waals surface area contributed by atoms with E-state index in [0.29, 0.717) is 26.6 Å². The van der Waals surface area contributed by atoms with Gasteiger partial charge in [-0.05, 0) is 42.5 Å². The van der Waals surface area contributed by atoms with E-state index in [1.54, 1.807) is 18.2 Å². The molecule has 0 fully saturated rings. The molecule has 4 rings (SSSR count). The summed E-state index contributed by atoms with van der Waals surface area (Å²) in [7, 11) is 0. The Hall–Kier alpha value is -2.12. The van der Waals surface area contributed by atoms with Crippen LogP contribution < -0.4 is 0 Å². The van der Waals surface area contributed by atoms with Crippen molar-refractivity contribution in [3.8, 4) is 17.1 Å². The summed E-state index contributed by atoms with van der Waals surface area (Å²) in [6, 6.07) is 22.6. The van der Waals surface area contributed by atoms with Gasteiger partial charge < -0.3 is 0 Å². The van der Waals surface area contributed by atoms with Gasteiger partial charge in [0.2, 0.25) is 0 Å². The topological polar surface area (TPSA) is 47.8 Å². The third-order valence-electron chi connectivity index (χ3n) is 4.32. The number of hydrogen-bond acceptors (Lipinski definition) is 4. The molecular weight excluding hydrogens is 505 g/mol. The maximum Gasteiger partial charge on any atom is 0.196 e. The highest BCUT2D eigenvalue weighted by atomic mass is 79.9. The predicted molar refractivity (Wildman–Crippen MR) is 126 cm³/mol. The van der Waals surface area contributed by atoms with Crippen molar-refractivity contribution in [2.75, 3.05) is 5.75 Å². The highest BCUT2D eigenvalue weighted by Crippen LogP contribution is 2.29. The maximum absolute atomic E-state index is 12.7. The van der Waals surface area contributed by atoms with Crippen molar-refractivity contribution in [2.24, 2.45) is 0 Å². The SMILES string of the molecule is O=C(CSc1nnc(-c2ccccc2)n1-c1ccc(Br)cc1)c1ccc(Cl)c(Cl)c1. The number of aromatic nitrogens is 3. The lowest BCUT2D eigenvalue weighted by Crippen LogP contribution is -2.05. The van der Waals surface area contributed by atoms with Crippen LogP contribution in [0.15, 0.2) is 82.4 Å². The van der Waals surface area contributed by atoms with Crippen molar-refractivity contribution in [1.29, 1.82) is 0 Å². The molecule has 30 heavy (non-hydrogen) atoms. The molecule has 0 unspecified atom stereocenters. The molecule has 1 aromatic heterocycles. The van der Waals surface area contributed by atoms with Gasteiger partial charge in [-0.3, -0.25) is 9.36 Å². The third-order valence-corrected chi connectivity index (χ3v) is 6.52. The van der Waals surface area contributed by atoms with Crippen molar-refractivity contribution in [2.45, 2.75) is 5.16 Å². The second kappa shape index (κ2) is 9.35. The molecule has 0 aliphatic carbocycles. The normalized spacial score (nSPS) is 10.9. The Morgan fingerprint density at radius 2 is 1.67 bits per heavy atom. The van der Waals surface area contributed by atoms with E-state index in [-0.39, 0.29) is 11.5 Å². The Morgan fingerprint density at radius 1 is 0.933 bits per heavy atom. The van der Waals surface area contributed by atoms with Gasteiger partial charge in [0.05, 0.1) is 15.8 Å². The second-order valence-corrected chi connectivity index (χ2v) is 9.00. The van der Waals surface area contributed by atoms with Gasteiger partial charge in [-0.2, -0.15) is 0 Å². The van der Waals surface area contributed by atoms with E-state index in [1.807, 2.05) is 59.2 Å². The number of Topliss-reactive ketones (excluding diaryl/α,β-unsaturated/α-hetero) is 1. The highest BCUT2D eigenvalue weighted by molar-refractivity contribution is 9.10. The molecule has 4 nitrogen and oxygen atoms in total. The minimum atomic E-state index is -0.0646. The van der Waals surface area contributed by atoms with Crippen LogP contribution in [-0.2, 0) is 0 Å². The Morgan fingerprint density at radius 3 is 2.37 bits per heavy atom. The van der Waals surface area contributed by atoms with Gasteiger partial charge in [-0.15, -0.1) is 10.2 Å². The van der Waals surface area contributed by atoms with Crippen LogP contribution in [0.1, 0.15) is 10.4 Å². The fourth-order valence-electron chi connectivity index (χ4n) is 2.84. The van der Waals surface area contributed by atoms with Crippen molar-refractivity contribution >= 4 is 56.7 Å². The lowest BCUT2D eigenvalue weighted by Gasteiger charge is -2.10. The van der Waals surface area contributed by atoms with Crippen LogP contribution in [0.3, 0.4) is 0 Å². The number of benzene rings is 3. The van der Waals surface area contributed by atoms with Gasteiger partial charge in [0, 0.05) is 21.3 Å². The molecule has 3 aromatic carbocycles. The predicted octanol–water partition coefficient (Wildman–Crippen LogP) is 6.98. The molecule has 0 saturated heterocycles. The maximum atomic E-state index is 12.7. The zero-order valence-corrected chi connectivity index (χ0v) is 19.3. The fourth-order valence-corrected chi connectivity index (χ4v) is 4.25. The van der Waals surface area contributed by atoms with Gasteiger partial charge in [-0.1, -0.05) is 81.2 Å². The molecule has 0 saturated carbocycles. The molecule has 8 heteroatoms. The number of halogens is 3. The first-order valence-electron chi connectivity index (χ1n) is 8.91. The summed E-state index contributed by atoms with van der Waals surface area (Å²) in [4.78, 5) is 12.7. The first-order chi connectivity index (χ1) is 14.5. The molecule has 0 radical (unpaired) electrons. The van der Waals surface area contributed by atoms with Crippen LogP contribution >= 0.6 is 50.9 Å². The van der Waals surface area contributed by atoms with Crippen molar-refractivity contribution < 1.29 is 4.79 Å². The summed E-state index contributed by atoms with van der Waals surface area (Å²) in [5.41, 5.74) is 2.36. The smallest absolute Gasteiger partial charge is 0.196 e. The summed E-state index contributed by atoms with van der Waals surface area (Å²) < 4.78 is 2.93. The first kappa shape index (κ1) is 21.1. The molecule has 150 valence electrons. The Kier molecular flexibility index (Phi) is 6.58. The lowest BCUT2D eigenvalue weighted by atomic mass is 10.1. The Balaban J connectivity index is 1.66. The summed E-state index contributed by atoms with van der Waals surface area (Å²) in [5.74, 6) is 0.842. The van der Waals surface area contributed by atoms with Gasteiger partial charge in [0.25, 0.3) is 0 Å². The van der Waals surface area contributed by atoms with E-state index >= 15 is 0 Å². The summed E-state index contributed by atoms with van der Waals surface area (Å²) in [6.07, 6.45) is 0. The Labute approximate surface area is 196 Å². The van der Waals surface area contributed by atoms with Gasteiger partial charge in [0.15, 0.2) is 16.8 Å². The van der Waals surface area contributed by atoms with E-state index in [0.717, 1.165) is 15.7 Å². The van der Waals surface area contributed by atoms with Crippen LogP contribution in [-0.4, -0.2) is 26.3 Å². The molecule has 4 aromatic rings. The average molecular weight is 519 g/mol. The van der Waals surface area contributed by atoms with Crippen molar-refractivity contribution in [3.63, 3.8) is 0 Å². The average Bonchev–Trinajstić information content (AvgIpc) is 3.19. The van der Waals surface area contributed by atoms with E-state index in [4.69, 9.17) is 23.2 Å². The zero-order chi connectivity index (χ0) is 21.1. The molecule has 0 atom stereocenters. The number of carbonyl (C=O) groups excluding carboxylic acids is 1. The molecule has 0 N–H and O–H groups in total. The summed E-state index contributed by atoms with van der Waals surface area (Å²) >= 11 is 16.8. The first-order valence-corrected chi connectivity index (χ1v) is 11.4. The van der Waals surface area contributed by atoms with E-state index in [2.05, 4.69) is 26.1 Å². The van der Waals surface area contributed by atoms with E-state index < -0.39 is 0 Å². The van der Waals surface area contributed by atoms with Crippen molar-refractivity contribution in [1.82, 2.24) is 14.8 Å². The molecule has 0 aliphatic heterocycles. The van der Waals surface area contributed by atoms with Gasteiger partial charge in [0.1, 0.15) is 0 Å². The van der Waals surface area contributed by atoms with Crippen LogP contribution in [0, 0.1) is 0 Å². The van der Waals surface area contributed by atoms with Gasteiger partial charge in [-0.25, -0.2) is 0 Å². The lowest BCUT2D eigenvalue weighted by molar-refractivity contribution is 0.102. The monoisotopic (exact) mass is 517 g/mol. The largest absolute Gasteiger partial charge is 0.293 e. The standard InChI is InChI=1S/C22H14BrCl2N3OS/c23-16-7-9-17(10-8-16)28-21(14-4-2-1-3-5-14)26-27-22(28)30-13-20(29)15-6-11-18(24)19(25)12-15/h1-12H,13H2. The van der Waals surface area contributed by atoms with Crippen LogP contribution in [0.4, 0.5) is 0 Å². The van der Waals surface area contributed by atoms with E-state index in [1.165, 1.54) is 11.8 Å². The van der Waals surface area contributed by atoms with Crippen LogP contribution in [0.5, 0.6) is 0 Å². The number of thioether (sulfide) groups is 1. The van der Waals surface area contributed by atoms with Crippen LogP contribution in [0.25, 0.3) is 17.1 Å². The molecule has 0 aliphatic rings. The molecule has 1 heterocycles. The minimum Gasteiger partial charge on any atom is -0.293 e. The summed E-state index contributed by atoms with van der Waals surface area (Å²) in [5, 5.41) is 10.2. The number of hydrogen-bond donors (Lipinski definition) is 0. The number of carbonyl (C=O) groups is 1. The second-order valence-electron chi connectivity index (χ2n) is 6.32. The van der Waals surface area contributed by atoms with Crippen LogP contribution in [0.2, 0.25) is 10.0 Å². The van der Waals surface area contributed by atoms with E-state index in [9.17, 15) is 4.79 Å². The molecule has 0 amide bonds. The highest BCUT2D eigenvalue weighted by Gasteiger charge is 2.18. The molecule has 0 bridgehead atoms. The zero-order valence-electron chi connectivity index (χ0n) is 15.4.